The summed E-state index contributed by atoms with van der Waals surface area (Å²) in [6, 6.07) is 9.28. The van der Waals surface area contributed by atoms with Gasteiger partial charge in [0, 0.05) is 12.6 Å². The molecule has 3 N–H and O–H groups in total. The molecule has 2 aliphatic rings. The molecule has 0 aromatic heterocycles. The van der Waals surface area contributed by atoms with Crippen molar-refractivity contribution in [3.63, 3.8) is 0 Å². The number of rotatable bonds is 9. The molecule has 7 nitrogen and oxygen atoms in total. The third kappa shape index (κ3) is 5.93. The van der Waals surface area contributed by atoms with E-state index in [4.69, 9.17) is 4.74 Å². The molecule has 1 aliphatic carbocycles. The second-order valence-electron chi connectivity index (χ2n) is 8.06. The number of likely N-dealkylation sites (tertiary alicyclic amines) is 1. The minimum absolute atomic E-state index is 0.106. The highest BCUT2D eigenvalue weighted by Gasteiger charge is 2.38. The van der Waals surface area contributed by atoms with E-state index in [2.05, 4.69) is 5.32 Å². The second-order valence-corrected chi connectivity index (χ2v) is 8.06. The van der Waals surface area contributed by atoms with Gasteiger partial charge in [0.15, 0.2) is 12.2 Å². The summed E-state index contributed by atoms with van der Waals surface area (Å²) in [5.41, 5.74) is 0. The average Bonchev–Trinajstić information content (AvgIpc) is 3.42. The first-order valence-corrected chi connectivity index (χ1v) is 10.7. The van der Waals surface area contributed by atoms with E-state index >= 15 is 0 Å². The van der Waals surface area contributed by atoms with Crippen LogP contribution in [0.2, 0.25) is 0 Å². The van der Waals surface area contributed by atoms with Gasteiger partial charge in [-0.1, -0.05) is 43.9 Å². The number of benzene rings is 1. The van der Waals surface area contributed by atoms with Gasteiger partial charge < -0.3 is 25.2 Å². The van der Waals surface area contributed by atoms with E-state index in [0.29, 0.717) is 18.2 Å². The van der Waals surface area contributed by atoms with Crippen molar-refractivity contribution in [1.82, 2.24) is 10.2 Å². The van der Waals surface area contributed by atoms with Crippen LogP contribution < -0.4 is 10.1 Å². The van der Waals surface area contributed by atoms with Crippen LogP contribution in [0.15, 0.2) is 30.3 Å². The maximum absolute atomic E-state index is 12.7. The van der Waals surface area contributed by atoms with E-state index in [1.165, 1.54) is 25.7 Å². The van der Waals surface area contributed by atoms with E-state index in [9.17, 15) is 19.8 Å². The summed E-state index contributed by atoms with van der Waals surface area (Å²) in [7, 11) is 0. The molecule has 0 radical (unpaired) electrons. The fraction of sp³-hybridized carbons (Fsp3) is 0.636. The Bertz CT molecular complexity index is 662. The molecule has 1 heterocycles. The van der Waals surface area contributed by atoms with Crippen molar-refractivity contribution in [2.45, 2.75) is 63.2 Å². The van der Waals surface area contributed by atoms with Gasteiger partial charge in [-0.2, -0.15) is 0 Å². The summed E-state index contributed by atoms with van der Waals surface area (Å²) in [5, 5.41) is 23.0. The molecular formula is C22H32N2O5. The molecule has 0 spiro atoms. The number of ether oxygens (including phenoxy) is 1. The number of carbonyl (C=O) groups excluding carboxylic acids is 2. The smallest absolute Gasteiger partial charge is 0.254 e. The maximum atomic E-state index is 12.7. The SMILES string of the molecule is O=C(NCCOc1ccccc1)[C@H](O)[C@@H](O)C(=O)N1CCC[C@H]1CC1CCCC1. The largest absolute Gasteiger partial charge is 0.492 e. The van der Waals surface area contributed by atoms with E-state index < -0.39 is 24.0 Å². The predicted octanol–water partition coefficient (Wildman–Crippen LogP) is 1.47. The van der Waals surface area contributed by atoms with Gasteiger partial charge in [0.2, 0.25) is 0 Å². The lowest BCUT2D eigenvalue weighted by molar-refractivity contribution is -0.154. The molecule has 7 heteroatoms. The zero-order valence-electron chi connectivity index (χ0n) is 16.8. The fourth-order valence-corrected chi connectivity index (χ4v) is 4.41. The van der Waals surface area contributed by atoms with E-state index in [-0.39, 0.29) is 19.2 Å². The number of hydrogen-bond donors (Lipinski definition) is 3. The van der Waals surface area contributed by atoms with Gasteiger partial charge in [0.25, 0.3) is 11.8 Å². The van der Waals surface area contributed by atoms with Crippen molar-refractivity contribution in [3.8, 4) is 5.75 Å². The van der Waals surface area contributed by atoms with Crippen molar-refractivity contribution in [2.24, 2.45) is 5.92 Å². The van der Waals surface area contributed by atoms with Crippen LogP contribution >= 0.6 is 0 Å². The molecule has 160 valence electrons. The van der Waals surface area contributed by atoms with Crippen LogP contribution in [0.3, 0.4) is 0 Å². The highest BCUT2D eigenvalue weighted by atomic mass is 16.5. The Morgan fingerprint density at radius 2 is 1.79 bits per heavy atom. The molecule has 2 amide bonds. The Hall–Kier alpha value is -2.12. The summed E-state index contributed by atoms with van der Waals surface area (Å²) >= 11 is 0. The second kappa shape index (κ2) is 10.6. The lowest BCUT2D eigenvalue weighted by atomic mass is 9.96. The summed E-state index contributed by atoms with van der Waals surface area (Å²) in [4.78, 5) is 26.5. The van der Waals surface area contributed by atoms with Crippen LogP contribution in [0, 0.1) is 5.92 Å². The van der Waals surface area contributed by atoms with Gasteiger partial charge in [-0.15, -0.1) is 0 Å². The average molecular weight is 405 g/mol. The number of carbonyl (C=O) groups is 2. The standard InChI is InChI=1S/C22H32N2O5/c25-19(21(27)23-12-14-29-18-10-2-1-3-11-18)20(26)22(28)24-13-6-9-17(24)15-16-7-4-5-8-16/h1-3,10-11,16-17,19-20,25-26H,4-9,12-15H2,(H,23,27)/t17-,19+,20+/m0/s1. The molecule has 3 atom stereocenters. The lowest BCUT2D eigenvalue weighted by Gasteiger charge is -2.29. The van der Waals surface area contributed by atoms with E-state index in [1.54, 1.807) is 17.0 Å². The van der Waals surface area contributed by atoms with Gasteiger partial charge in [0.05, 0.1) is 6.54 Å². The zero-order chi connectivity index (χ0) is 20.6. The number of aliphatic hydroxyl groups is 2. The molecule has 2 fully saturated rings. The number of para-hydroxylation sites is 1. The summed E-state index contributed by atoms with van der Waals surface area (Å²) in [5.74, 6) is 0.00552. The van der Waals surface area contributed by atoms with Gasteiger partial charge in [-0.3, -0.25) is 9.59 Å². The van der Waals surface area contributed by atoms with Gasteiger partial charge >= 0.3 is 0 Å². The first-order valence-electron chi connectivity index (χ1n) is 10.7. The van der Waals surface area contributed by atoms with Gasteiger partial charge in [0.1, 0.15) is 12.4 Å². The first kappa shape index (κ1) is 21.6. The van der Waals surface area contributed by atoms with Gasteiger partial charge in [-0.05, 0) is 37.3 Å². The molecule has 1 aromatic carbocycles. The zero-order valence-corrected chi connectivity index (χ0v) is 16.8. The molecule has 0 unspecified atom stereocenters. The third-order valence-electron chi connectivity index (χ3n) is 5.97. The number of aliphatic hydroxyl groups excluding tert-OH is 2. The Kier molecular flexibility index (Phi) is 7.89. The fourth-order valence-electron chi connectivity index (χ4n) is 4.41. The normalized spacial score (nSPS) is 21.7. The molecular weight excluding hydrogens is 372 g/mol. The third-order valence-corrected chi connectivity index (χ3v) is 5.97. The monoisotopic (exact) mass is 404 g/mol. The Labute approximate surface area is 172 Å². The van der Waals surface area contributed by atoms with E-state index in [1.807, 2.05) is 18.2 Å². The predicted molar refractivity (Wildman–Crippen MR) is 108 cm³/mol. The number of amides is 2. The molecule has 0 bridgehead atoms. The van der Waals surface area contributed by atoms with Gasteiger partial charge in [-0.25, -0.2) is 0 Å². The lowest BCUT2D eigenvalue weighted by Crippen LogP contribution is -2.52. The summed E-state index contributed by atoms with van der Waals surface area (Å²) in [6.07, 6.45) is 4.16. The Morgan fingerprint density at radius 3 is 2.52 bits per heavy atom. The minimum atomic E-state index is -1.79. The van der Waals surface area contributed by atoms with E-state index in [0.717, 1.165) is 19.3 Å². The van der Waals surface area contributed by atoms with Crippen LogP contribution in [-0.4, -0.2) is 64.9 Å². The quantitative estimate of drug-likeness (QED) is 0.542. The van der Waals surface area contributed by atoms with Crippen molar-refractivity contribution >= 4 is 11.8 Å². The Morgan fingerprint density at radius 1 is 1.07 bits per heavy atom. The summed E-state index contributed by atoms with van der Waals surface area (Å²) in [6.45, 7) is 0.967. The molecule has 1 saturated carbocycles. The van der Waals surface area contributed by atoms with Crippen molar-refractivity contribution in [1.29, 1.82) is 0 Å². The molecule has 3 rings (SSSR count). The summed E-state index contributed by atoms with van der Waals surface area (Å²) < 4.78 is 5.47. The van der Waals surface area contributed by atoms with Crippen molar-refractivity contribution in [2.75, 3.05) is 19.7 Å². The Balaban J connectivity index is 1.43. The first-order chi connectivity index (χ1) is 14.1. The highest BCUT2D eigenvalue weighted by molar-refractivity contribution is 5.90. The van der Waals surface area contributed by atoms with Crippen LogP contribution in [0.4, 0.5) is 0 Å². The van der Waals surface area contributed by atoms with Crippen LogP contribution in [0.1, 0.15) is 44.9 Å². The van der Waals surface area contributed by atoms with Crippen LogP contribution in [0.25, 0.3) is 0 Å². The van der Waals surface area contributed by atoms with Crippen molar-refractivity contribution in [3.05, 3.63) is 30.3 Å². The molecule has 1 aromatic rings. The van der Waals surface area contributed by atoms with Crippen LogP contribution in [-0.2, 0) is 9.59 Å². The molecule has 29 heavy (non-hydrogen) atoms. The minimum Gasteiger partial charge on any atom is -0.492 e. The number of nitrogens with zero attached hydrogens (tertiary/aromatic N) is 1. The van der Waals surface area contributed by atoms with Crippen LogP contribution in [0.5, 0.6) is 5.75 Å². The molecule has 1 aliphatic heterocycles. The number of nitrogens with one attached hydrogen (secondary N) is 1. The van der Waals surface area contributed by atoms with Crippen molar-refractivity contribution < 1.29 is 24.5 Å². The molecule has 1 saturated heterocycles. The maximum Gasteiger partial charge on any atom is 0.254 e. The topological polar surface area (TPSA) is 99.1 Å². The number of hydrogen-bond acceptors (Lipinski definition) is 5. The highest BCUT2D eigenvalue weighted by Crippen LogP contribution is 2.33.